The SMILES string of the molecule is CC(=O)O[C@@H]1C[C@@H]2[C@@H]3CC[C@H]4C(=O)[C@@H](O)CC[C@]4(C)[C@@H]3CC[C@]2(C)[C@H]1[C@H](C)[C@H]1NC[C@H](C)C[C@@H]1O. The zero-order valence-corrected chi connectivity index (χ0v) is 22.3. The highest BCUT2D eigenvalue weighted by Gasteiger charge is 2.65. The van der Waals surface area contributed by atoms with Crippen LogP contribution in [0.1, 0.15) is 86.0 Å². The molecule has 35 heavy (non-hydrogen) atoms. The Kier molecular flexibility index (Phi) is 6.67. The third kappa shape index (κ3) is 4.01. The smallest absolute Gasteiger partial charge is 0.302 e. The molecule has 0 unspecified atom stereocenters. The number of carbonyl (C=O) groups is 2. The number of hydrogen-bond acceptors (Lipinski definition) is 6. The molecule has 0 aromatic rings. The number of aliphatic hydroxyl groups excluding tert-OH is 2. The summed E-state index contributed by atoms with van der Waals surface area (Å²) in [5, 5.41) is 24.9. The number of fused-ring (bicyclic) bond motifs is 5. The summed E-state index contributed by atoms with van der Waals surface area (Å²) in [5.41, 5.74) is 0.0188. The van der Waals surface area contributed by atoms with Crippen molar-refractivity contribution in [1.29, 1.82) is 0 Å². The molecule has 0 spiro atoms. The summed E-state index contributed by atoms with van der Waals surface area (Å²) in [6.45, 7) is 11.6. The molecule has 4 saturated carbocycles. The maximum atomic E-state index is 12.9. The van der Waals surface area contributed by atoms with Gasteiger partial charge in [0.1, 0.15) is 12.2 Å². The van der Waals surface area contributed by atoms with Crippen LogP contribution in [-0.4, -0.2) is 52.9 Å². The lowest BCUT2D eigenvalue weighted by molar-refractivity contribution is -0.161. The van der Waals surface area contributed by atoms with Crippen LogP contribution in [0.25, 0.3) is 0 Å². The van der Waals surface area contributed by atoms with E-state index in [-0.39, 0.29) is 58.6 Å². The number of rotatable bonds is 3. The largest absolute Gasteiger partial charge is 0.462 e. The van der Waals surface area contributed by atoms with E-state index in [1.807, 2.05) is 0 Å². The van der Waals surface area contributed by atoms with Gasteiger partial charge in [0, 0.05) is 24.8 Å². The van der Waals surface area contributed by atoms with Crippen molar-refractivity contribution < 1.29 is 24.5 Å². The topological polar surface area (TPSA) is 95.9 Å². The van der Waals surface area contributed by atoms with Crippen molar-refractivity contribution >= 4 is 11.8 Å². The Morgan fingerprint density at radius 2 is 1.77 bits per heavy atom. The predicted molar refractivity (Wildman–Crippen MR) is 133 cm³/mol. The van der Waals surface area contributed by atoms with E-state index in [4.69, 9.17) is 4.74 Å². The number of aliphatic hydroxyl groups is 2. The summed E-state index contributed by atoms with van der Waals surface area (Å²) >= 11 is 0. The van der Waals surface area contributed by atoms with Crippen LogP contribution in [0.2, 0.25) is 0 Å². The fraction of sp³-hybridized carbons (Fsp3) is 0.931. The van der Waals surface area contributed by atoms with Crippen LogP contribution < -0.4 is 5.32 Å². The quantitative estimate of drug-likeness (QED) is 0.523. The average Bonchev–Trinajstić information content (AvgIpc) is 3.07. The van der Waals surface area contributed by atoms with Gasteiger partial charge in [-0.25, -0.2) is 0 Å². The van der Waals surface area contributed by atoms with Crippen molar-refractivity contribution in [3.05, 3.63) is 0 Å². The Balaban J connectivity index is 1.44. The average molecular weight is 490 g/mol. The molecule has 0 radical (unpaired) electrons. The van der Waals surface area contributed by atoms with E-state index in [1.165, 1.54) is 6.92 Å². The van der Waals surface area contributed by atoms with Gasteiger partial charge in [-0.05, 0) is 98.3 Å². The first-order valence-corrected chi connectivity index (χ1v) is 14.3. The molecule has 5 fully saturated rings. The second-order valence-corrected chi connectivity index (χ2v) is 13.6. The molecule has 4 aliphatic carbocycles. The van der Waals surface area contributed by atoms with Gasteiger partial charge in [0.05, 0.1) is 6.10 Å². The lowest BCUT2D eigenvalue weighted by atomic mass is 9.44. The number of esters is 1. The number of ether oxygens (including phenoxy) is 1. The molecule has 6 heteroatoms. The third-order valence-electron chi connectivity index (χ3n) is 11.8. The van der Waals surface area contributed by atoms with Crippen LogP contribution in [0.5, 0.6) is 0 Å². The lowest BCUT2D eigenvalue weighted by Gasteiger charge is -2.60. The van der Waals surface area contributed by atoms with E-state index in [2.05, 4.69) is 33.0 Å². The Labute approximate surface area is 211 Å². The second kappa shape index (κ2) is 9.09. The first kappa shape index (κ1) is 25.7. The minimum absolute atomic E-state index is 0.0131. The third-order valence-corrected chi connectivity index (χ3v) is 11.8. The van der Waals surface area contributed by atoms with Crippen molar-refractivity contribution in [2.75, 3.05) is 6.54 Å². The summed E-state index contributed by atoms with van der Waals surface area (Å²) < 4.78 is 6.06. The van der Waals surface area contributed by atoms with Gasteiger partial charge in [0.25, 0.3) is 0 Å². The van der Waals surface area contributed by atoms with Crippen molar-refractivity contribution in [2.24, 2.45) is 52.3 Å². The van der Waals surface area contributed by atoms with Gasteiger partial charge in [0.2, 0.25) is 0 Å². The summed E-state index contributed by atoms with van der Waals surface area (Å²) in [7, 11) is 0. The fourth-order valence-corrected chi connectivity index (χ4v) is 10.3. The first-order valence-electron chi connectivity index (χ1n) is 14.3. The molecule has 0 bridgehead atoms. The van der Waals surface area contributed by atoms with Gasteiger partial charge >= 0.3 is 5.97 Å². The zero-order valence-electron chi connectivity index (χ0n) is 22.3. The molecule has 3 N–H and O–H groups in total. The van der Waals surface area contributed by atoms with Crippen molar-refractivity contribution in [1.82, 2.24) is 5.32 Å². The molecule has 5 rings (SSSR count). The zero-order chi connectivity index (χ0) is 25.3. The molecule has 6 nitrogen and oxygen atoms in total. The molecular formula is C29H47NO5. The molecule has 198 valence electrons. The Hall–Kier alpha value is -0.980. The molecule has 0 aromatic heterocycles. The normalized spacial score (nSPS) is 52.7. The van der Waals surface area contributed by atoms with E-state index in [0.29, 0.717) is 30.1 Å². The van der Waals surface area contributed by atoms with Gasteiger partial charge in [-0.2, -0.15) is 0 Å². The van der Waals surface area contributed by atoms with Gasteiger partial charge in [-0.1, -0.05) is 27.7 Å². The van der Waals surface area contributed by atoms with E-state index in [9.17, 15) is 19.8 Å². The predicted octanol–water partition coefficient (Wildman–Crippen LogP) is 3.72. The van der Waals surface area contributed by atoms with Crippen molar-refractivity contribution in [3.63, 3.8) is 0 Å². The molecule has 0 aromatic carbocycles. The summed E-state index contributed by atoms with van der Waals surface area (Å²) in [6, 6.07) is 0.0215. The minimum Gasteiger partial charge on any atom is -0.462 e. The van der Waals surface area contributed by atoms with E-state index >= 15 is 0 Å². The second-order valence-electron chi connectivity index (χ2n) is 13.6. The highest BCUT2D eigenvalue weighted by Crippen LogP contribution is 2.68. The summed E-state index contributed by atoms with van der Waals surface area (Å²) in [6.07, 6.45) is 6.03. The molecule has 1 saturated heterocycles. The standard InChI is InChI=1S/C29H47NO5/c1-15-12-23(33)26(30-14-15)16(2)25-24(35-17(3)31)13-21-18-6-7-20-27(34)22(32)9-11-28(20,4)19(18)8-10-29(21,25)5/h15-16,18-26,30,32-33H,6-14H2,1-5H3/t15-,16+,18-,19-,20+,21-,22+,23+,24-,25+,26-,28-,29+/m1/s1. The molecule has 1 aliphatic heterocycles. The van der Waals surface area contributed by atoms with Crippen molar-refractivity contribution in [3.8, 4) is 0 Å². The van der Waals surface area contributed by atoms with Crippen molar-refractivity contribution in [2.45, 2.75) is 110 Å². The van der Waals surface area contributed by atoms with E-state index in [1.54, 1.807) is 0 Å². The Morgan fingerprint density at radius 1 is 1.06 bits per heavy atom. The first-order chi connectivity index (χ1) is 16.5. The van der Waals surface area contributed by atoms with E-state index in [0.717, 1.165) is 51.5 Å². The van der Waals surface area contributed by atoms with Crippen LogP contribution in [0, 0.1) is 52.3 Å². The monoisotopic (exact) mass is 489 g/mol. The van der Waals surface area contributed by atoms with Crippen LogP contribution in [0.15, 0.2) is 0 Å². The number of nitrogens with one attached hydrogen (secondary N) is 1. The van der Waals surface area contributed by atoms with Gasteiger partial charge < -0.3 is 20.3 Å². The van der Waals surface area contributed by atoms with Crippen LogP contribution >= 0.6 is 0 Å². The van der Waals surface area contributed by atoms with Gasteiger partial charge in [-0.3, -0.25) is 9.59 Å². The number of hydrogen-bond donors (Lipinski definition) is 3. The molecule has 13 atom stereocenters. The molecule has 5 aliphatic rings. The fourth-order valence-electron chi connectivity index (χ4n) is 10.3. The Morgan fingerprint density at radius 3 is 2.46 bits per heavy atom. The lowest BCUT2D eigenvalue weighted by Crippen LogP contribution is -2.58. The Bertz CT molecular complexity index is 847. The molecule has 0 amide bonds. The summed E-state index contributed by atoms with van der Waals surface area (Å²) in [5.74, 6) is 2.20. The highest BCUT2D eigenvalue weighted by molar-refractivity contribution is 5.87. The van der Waals surface area contributed by atoms with Crippen LogP contribution in [-0.2, 0) is 14.3 Å². The van der Waals surface area contributed by atoms with Crippen LogP contribution in [0.4, 0.5) is 0 Å². The molecular weight excluding hydrogens is 442 g/mol. The minimum atomic E-state index is -0.777. The number of Topliss-reactive ketones (excluding diaryl/α,β-unsaturated/α-hetero) is 1. The van der Waals surface area contributed by atoms with E-state index < -0.39 is 6.10 Å². The maximum Gasteiger partial charge on any atom is 0.302 e. The number of carbonyl (C=O) groups excluding carboxylic acids is 2. The summed E-state index contributed by atoms with van der Waals surface area (Å²) in [4.78, 5) is 25.1. The highest BCUT2D eigenvalue weighted by atomic mass is 16.5. The van der Waals surface area contributed by atoms with Gasteiger partial charge in [0.15, 0.2) is 5.78 Å². The van der Waals surface area contributed by atoms with Crippen LogP contribution in [0.3, 0.4) is 0 Å². The maximum absolute atomic E-state index is 12.9. The van der Waals surface area contributed by atoms with Gasteiger partial charge in [-0.15, -0.1) is 0 Å². The molecule has 1 heterocycles. The number of piperidine rings is 1. The number of ketones is 1.